The zero-order chi connectivity index (χ0) is 17.9. The van der Waals surface area contributed by atoms with Gasteiger partial charge in [-0.2, -0.15) is 0 Å². The third-order valence-corrected chi connectivity index (χ3v) is 8.54. The summed E-state index contributed by atoms with van der Waals surface area (Å²) in [5.41, 5.74) is 2.54. The molecule has 3 atom stereocenters. The highest BCUT2D eigenvalue weighted by atomic mass is 32.2. The summed E-state index contributed by atoms with van der Waals surface area (Å²) in [6, 6.07) is 1.99. The molecule has 0 aliphatic heterocycles. The fourth-order valence-corrected chi connectivity index (χ4v) is 6.73. The van der Waals surface area contributed by atoms with Crippen LogP contribution in [0.1, 0.15) is 50.8 Å². The van der Waals surface area contributed by atoms with E-state index in [0.717, 1.165) is 54.7 Å². The summed E-state index contributed by atoms with van der Waals surface area (Å²) in [5, 5.41) is 8.74. The Labute approximate surface area is 152 Å². The molecular weight excluding hydrogens is 350 g/mol. The molecule has 0 aromatic carbocycles. The van der Waals surface area contributed by atoms with Crippen LogP contribution in [0.4, 0.5) is 0 Å². The van der Waals surface area contributed by atoms with Gasteiger partial charge in [0.05, 0.1) is 22.7 Å². The lowest BCUT2D eigenvalue weighted by Crippen LogP contribution is -2.18. The molecule has 7 nitrogen and oxygen atoms in total. The molecule has 2 saturated carbocycles. The number of nitrogens with one attached hydrogen (secondary N) is 1. The van der Waals surface area contributed by atoms with Crippen LogP contribution in [0.3, 0.4) is 0 Å². The first-order valence-electron chi connectivity index (χ1n) is 9.45. The van der Waals surface area contributed by atoms with Gasteiger partial charge in [-0.3, -0.25) is 4.40 Å². The van der Waals surface area contributed by atoms with Gasteiger partial charge in [0.1, 0.15) is 5.82 Å². The molecular formula is C18H23N5O2S. The summed E-state index contributed by atoms with van der Waals surface area (Å²) in [6.07, 6.45) is 8.17. The van der Waals surface area contributed by atoms with Crippen molar-refractivity contribution in [3.05, 3.63) is 24.3 Å². The van der Waals surface area contributed by atoms with Gasteiger partial charge in [-0.05, 0) is 43.6 Å². The second kappa shape index (κ2) is 5.77. The van der Waals surface area contributed by atoms with Crippen LogP contribution in [0.5, 0.6) is 0 Å². The van der Waals surface area contributed by atoms with E-state index in [2.05, 4.69) is 31.5 Å². The predicted molar refractivity (Wildman–Crippen MR) is 98.7 cm³/mol. The first-order chi connectivity index (χ1) is 12.6. The van der Waals surface area contributed by atoms with Gasteiger partial charge in [-0.25, -0.2) is 13.4 Å². The highest BCUT2D eigenvalue weighted by Gasteiger charge is 2.42. The standard InChI is InChI=1S/C18H23N5O2S/c1-2-12-7-11(10-26(24,25)13-3-4-13)8-14(12)18-22-21-16-9-20-17-15(23(16)18)5-6-19-17/h5-6,9,11-14,19H,2-4,7-8,10H2,1H3/t11-,12-,14+/m1/s1. The summed E-state index contributed by atoms with van der Waals surface area (Å²) in [6.45, 7) is 2.19. The quantitative estimate of drug-likeness (QED) is 0.742. The maximum absolute atomic E-state index is 12.4. The van der Waals surface area contributed by atoms with E-state index in [4.69, 9.17) is 0 Å². The number of nitrogens with zero attached hydrogens (tertiary/aromatic N) is 4. The van der Waals surface area contributed by atoms with Crippen molar-refractivity contribution in [2.75, 3.05) is 5.75 Å². The third-order valence-electron chi connectivity index (χ3n) is 6.12. The van der Waals surface area contributed by atoms with Crippen molar-refractivity contribution in [1.29, 1.82) is 0 Å². The topological polar surface area (TPSA) is 93.0 Å². The highest BCUT2D eigenvalue weighted by Crippen LogP contribution is 2.46. The monoisotopic (exact) mass is 373 g/mol. The van der Waals surface area contributed by atoms with Crippen LogP contribution >= 0.6 is 0 Å². The van der Waals surface area contributed by atoms with Crippen LogP contribution < -0.4 is 0 Å². The minimum absolute atomic E-state index is 0.0684. The van der Waals surface area contributed by atoms with Gasteiger partial charge in [-0.1, -0.05) is 13.3 Å². The largest absolute Gasteiger partial charge is 0.345 e. The van der Waals surface area contributed by atoms with E-state index in [1.54, 1.807) is 6.20 Å². The molecule has 8 heteroatoms. The molecule has 138 valence electrons. The molecule has 0 saturated heterocycles. The van der Waals surface area contributed by atoms with Gasteiger partial charge in [0.25, 0.3) is 0 Å². The summed E-state index contributed by atoms with van der Waals surface area (Å²) < 4.78 is 27.0. The van der Waals surface area contributed by atoms with Crippen molar-refractivity contribution < 1.29 is 8.42 Å². The maximum Gasteiger partial charge on any atom is 0.179 e. The Kier molecular flexibility index (Phi) is 3.60. The average molecular weight is 373 g/mol. The lowest BCUT2D eigenvalue weighted by molar-refractivity contribution is 0.447. The van der Waals surface area contributed by atoms with Gasteiger partial charge >= 0.3 is 0 Å². The summed E-state index contributed by atoms with van der Waals surface area (Å²) in [7, 11) is -2.92. The molecule has 1 N–H and O–H groups in total. The number of fused-ring (bicyclic) bond motifs is 3. The second-order valence-electron chi connectivity index (χ2n) is 7.86. The molecule has 0 spiro atoms. The second-order valence-corrected chi connectivity index (χ2v) is 10.2. The summed E-state index contributed by atoms with van der Waals surface area (Å²) in [5.74, 6) is 2.21. The Morgan fingerprint density at radius 1 is 1.27 bits per heavy atom. The van der Waals surface area contributed by atoms with E-state index in [1.807, 2.05) is 12.3 Å². The van der Waals surface area contributed by atoms with E-state index < -0.39 is 9.84 Å². The Morgan fingerprint density at radius 3 is 2.88 bits per heavy atom. The molecule has 3 heterocycles. The van der Waals surface area contributed by atoms with Gasteiger partial charge in [0.15, 0.2) is 21.1 Å². The molecule has 2 fully saturated rings. The third kappa shape index (κ3) is 2.53. The predicted octanol–water partition coefficient (Wildman–Crippen LogP) is 2.70. The van der Waals surface area contributed by atoms with Crippen LogP contribution in [-0.4, -0.2) is 44.0 Å². The molecule has 2 aliphatic rings. The van der Waals surface area contributed by atoms with Crippen LogP contribution in [0.25, 0.3) is 16.8 Å². The van der Waals surface area contributed by atoms with Gasteiger partial charge < -0.3 is 4.98 Å². The summed E-state index contributed by atoms with van der Waals surface area (Å²) in [4.78, 5) is 7.52. The average Bonchev–Trinajstić information content (AvgIpc) is 3.06. The fourth-order valence-electron chi connectivity index (χ4n) is 4.67. The number of aromatic amines is 1. The number of hydrogen-bond donors (Lipinski definition) is 1. The highest BCUT2D eigenvalue weighted by molar-refractivity contribution is 7.92. The Morgan fingerprint density at radius 2 is 2.12 bits per heavy atom. The number of hydrogen-bond acceptors (Lipinski definition) is 5. The Balaban J connectivity index is 1.50. The van der Waals surface area contributed by atoms with Crippen molar-refractivity contribution in [2.24, 2.45) is 11.8 Å². The molecule has 0 amide bonds. The fraction of sp³-hybridized carbons (Fsp3) is 0.611. The van der Waals surface area contributed by atoms with E-state index in [-0.39, 0.29) is 17.1 Å². The van der Waals surface area contributed by atoms with Crippen LogP contribution in [0.15, 0.2) is 18.5 Å². The van der Waals surface area contributed by atoms with Crippen molar-refractivity contribution in [3.8, 4) is 0 Å². The Hall–Kier alpha value is -1.96. The van der Waals surface area contributed by atoms with Crippen LogP contribution in [-0.2, 0) is 9.84 Å². The van der Waals surface area contributed by atoms with E-state index >= 15 is 0 Å². The van der Waals surface area contributed by atoms with Crippen molar-refractivity contribution >= 4 is 26.6 Å². The molecule has 0 bridgehead atoms. The first-order valence-corrected chi connectivity index (χ1v) is 11.2. The van der Waals surface area contributed by atoms with E-state index in [0.29, 0.717) is 11.7 Å². The Bertz CT molecular complexity index is 1070. The van der Waals surface area contributed by atoms with Crippen LogP contribution in [0.2, 0.25) is 0 Å². The molecule has 0 unspecified atom stereocenters. The van der Waals surface area contributed by atoms with Crippen LogP contribution in [0, 0.1) is 11.8 Å². The normalized spacial score (nSPS) is 26.9. The SMILES string of the molecule is CC[C@@H]1C[C@@H](CS(=O)(=O)C2CC2)C[C@@H]1c1nnc2cnc3[nH]ccc3n12. The number of rotatable bonds is 5. The molecule has 2 aliphatic carbocycles. The molecule has 5 rings (SSSR count). The summed E-state index contributed by atoms with van der Waals surface area (Å²) >= 11 is 0. The van der Waals surface area contributed by atoms with Crippen molar-refractivity contribution in [3.63, 3.8) is 0 Å². The minimum Gasteiger partial charge on any atom is -0.345 e. The van der Waals surface area contributed by atoms with Gasteiger partial charge in [0.2, 0.25) is 0 Å². The molecule has 3 aromatic rings. The van der Waals surface area contributed by atoms with E-state index in [9.17, 15) is 8.42 Å². The number of sulfone groups is 1. The zero-order valence-corrected chi connectivity index (χ0v) is 15.6. The minimum atomic E-state index is -2.92. The molecule has 26 heavy (non-hydrogen) atoms. The van der Waals surface area contributed by atoms with Gasteiger partial charge in [-0.15, -0.1) is 10.2 Å². The van der Waals surface area contributed by atoms with Crippen molar-refractivity contribution in [1.82, 2.24) is 24.6 Å². The zero-order valence-electron chi connectivity index (χ0n) is 14.8. The smallest absolute Gasteiger partial charge is 0.179 e. The maximum atomic E-state index is 12.4. The lowest BCUT2D eigenvalue weighted by atomic mass is 9.93. The van der Waals surface area contributed by atoms with Crippen molar-refractivity contribution in [2.45, 2.75) is 50.2 Å². The van der Waals surface area contributed by atoms with Gasteiger partial charge in [0, 0.05) is 12.1 Å². The molecule has 0 radical (unpaired) electrons. The number of aromatic nitrogens is 5. The van der Waals surface area contributed by atoms with E-state index in [1.165, 1.54) is 0 Å². The molecule has 3 aromatic heterocycles. The first kappa shape index (κ1) is 16.2. The lowest BCUT2D eigenvalue weighted by Gasteiger charge is -2.16. The number of H-pyrrole nitrogens is 1.